The zero-order valence-corrected chi connectivity index (χ0v) is 15.1. The fourth-order valence-corrected chi connectivity index (χ4v) is 6.77. The van der Waals surface area contributed by atoms with Crippen LogP contribution in [0.4, 0.5) is 0 Å². The zero-order chi connectivity index (χ0) is 17.1. The van der Waals surface area contributed by atoms with Gasteiger partial charge in [-0.15, -0.1) is 0 Å². The molecule has 0 bridgehead atoms. The van der Waals surface area contributed by atoms with Gasteiger partial charge in [-0.1, -0.05) is 66.7 Å². The van der Waals surface area contributed by atoms with Crippen LogP contribution >= 0.6 is 7.26 Å². The molecule has 0 fully saturated rings. The second-order valence-electron chi connectivity index (χ2n) is 6.15. The van der Waals surface area contributed by atoms with Crippen LogP contribution in [0, 0.1) is 0 Å². The van der Waals surface area contributed by atoms with Gasteiger partial charge in [-0.05, 0) is 31.2 Å². The molecule has 0 atom stereocenters. The fraction of sp³-hybridized carbons (Fsp3) is 0.0435. The molecule has 3 aromatic carbocycles. The van der Waals surface area contributed by atoms with E-state index in [2.05, 4.69) is 103 Å². The summed E-state index contributed by atoms with van der Waals surface area (Å²) in [5.41, 5.74) is 1.12. The van der Waals surface area contributed by atoms with E-state index < -0.39 is 7.26 Å². The molecule has 3 aromatic rings. The van der Waals surface area contributed by atoms with Gasteiger partial charge in [-0.2, -0.15) is 0 Å². The molecule has 1 nitrogen and oxygen atoms in total. The molecular formula is C23H20OP+. The summed E-state index contributed by atoms with van der Waals surface area (Å²) in [7, 11) is -1.82. The summed E-state index contributed by atoms with van der Waals surface area (Å²) < 4.78 is 6.12. The van der Waals surface area contributed by atoms with E-state index in [0.717, 1.165) is 17.1 Å². The summed E-state index contributed by atoms with van der Waals surface area (Å²) in [6.45, 7) is 2.05. The van der Waals surface area contributed by atoms with Crippen LogP contribution < -0.4 is 10.6 Å². The predicted octanol–water partition coefficient (Wildman–Crippen LogP) is 5.55. The van der Waals surface area contributed by atoms with Gasteiger partial charge in [0.1, 0.15) is 35.3 Å². The molecule has 4 rings (SSSR count). The highest BCUT2D eigenvalue weighted by Gasteiger charge is 2.43. The molecule has 1 heterocycles. The molecule has 1 aliphatic rings. The third kappa shape index (κ3) is 3.04. The summed E-state index contributed by atoms with van der Waals surface area (Å²) in [6, 6.07) is 31.9. The molecular weight excluding hydrogens is 323 g/mol. The SMILES string of the molecule is CC1=C[P+](c2ccccc2)(c2ccccc2)C=C(c2ccccc2)O1. The van der Waals surface area contributed by atoms with Crippen LogP contribution in [0.15, 0.2) is 108 Å². The van der Waals surface area contributed by atoms with Gasteiger partial charge >= 0.3 is 0 Å². The Balaban J connectivity index is 1.97. The van der Waals surface area contributed by atoms with Gasteiger partial charge in [0.2, 0.25) is 0 Å². The maximum atomic E-state index is 6.12. The third-order valence-corrected chi connectivity index (χ3v) is 8.12. The van der Waals surface area contributed by atoms with Crippen molar-refractivity contribution in [3.05, 3.63) is 114 Å². The van der Waals surface area contributed by atoms with E-state index in [9.17, 15) is 0 Å². The number of allylic oxidation sites excluding steroid dienone is 1. The maximum Gasteiger partial charge on any atom is 0.170 e. The smallest absolute Gasteiger partial charge is 0.170 e. The molecule has 0 unspecified atom stereocenters. The maximum absolute atomic E-state index is 6.12. The number of hydrogen-bond donors (Lipinski definition) is 0. The van der Waals surface area contributed by atoms with E-state index in [0.29, 0.717) is 0 Å². The molecule has 122 valence electrons. The number of rotatable bonds is 3. The molecule has 0 spiro atoms. The van der Waals surface area contributed by atoms with Crippen LogP contribution in [0.1, 0.15) is 12.5 Å². The molecule has 0 amide bonds. The van der Waals surface area contributed by atoms with Gasteiger partial charge < -0.3 is 4.74 Å². The molecule has 0 aromatic heterocycles. The Morgan fingerprint density at radius 2 is 1.08 bits per heavy atom. The molecule has 0 aliphatic carbocycles. The molecule has 0 saturated heterocycles. The average molecular weight is 343 g/mol. The Kier molecular flexibility index (Phi) is 4.26. The van der Waals surface area contributed by atoms with E-state index in [4.69, 9.17) is 4.74 Å². The summed E-state index contributed by atoms with van der Waals surface area (Å²) >= 11 is 0. The second-order valence-corrected chi connectivity index (χ2v) is 9.25. The minimum atomic E-state index is -1.82. The van der Waals surface area contributed by atoms with Crippen LogP contribution in [0.2, 0.25) is 0 Å². The minimum Gasteiger partial charge on any atom is -0.454 e. The van der Waals surface area contributed by atoms with Gasteiger partial charge in [0.05, 0.1) is 0 Å². The van der Waals surface area contributed by atoms with E-state index in [1.807, 2.05) is 6.07 Å². The quantitative estimate of drug-likeness (QED) is 0.567. The summed E-state index contributed by atoms with van der Waals surface area (Å²) in [6.07, 6.45) is 0. The normalized spacial score (nSPS) is 15.7. The Hall–Kier alpha value is -2.63. The predicted molar refractivity (Wildman–Crippen MR) is 108 cm³/mol. The van der Waals surface area contributed by atoms with Gasteiger partial charge in [0.25, 0.3) is 0 Å². The first-order chi connectivity index (χ1) is 12.3. The van der Waals surface area contributed by atoms with Gasteiger partial charge in [-0.25, -0.2) is 0 Å². The molecule has 2 heteroatoms. The van der Waals surface area contributed by atoms with Crippen molar-refractivity contribution in [3.8, 4) is 0 Å². The third-order valence-electron chi connectivity index (χ3n) is 4.40. The standard InChI is InChI=1S/C23H20OP/c1-19-17-25(21-13-7-3-8-14-21,22-15-9-4-10-16-22)18-23(24-19)20-11-5-2-6-12-20/h2-18H,1H3/q+1. The van der Waals surface area contributed by atoms with Crippen molar-refractivity contribution in [1.82, 2.24) is 0 Å². The molecule has 1 aliphatic heterocycles. The summed E-state index contributed by atoms with van der Waals surface area (Å²) in [5.74, 6) is 6.58. The van der Waals surface area contributed by atoms with Crippen molar-refractivity contribution >= 4 is 23.6 Å². The van der Waals surface area contributed by atoms with Crippen molar-refractivity contribution in [2.75, 3.05) is 0 Å². The van der Waals surface area contributed by atoms with Crippen molar-refractivity contribution in [3.63, 3.8) is 0 Å². The number of ether oxygens (including phenoxy) is 1. The van der Waals surface area contributed by atoms with Crippen LogP contribution in [0.25, 0.3) is 5.76 Å². The molecule has 0 saturated carbocycles. The topological polar surface area (TPSA) is 9.23 Å². The van der Waals surface area contributed by atoms with Gasteiger partial charge in [0, 0.05) is 5.56 Å². The Bertz CT molecular complexity index is 873. The highest BCUT2D eigenvalue weighted by Crippen LogP contribution is 2.63. The van der Waals surface area contributed by atoms with Crippen LogP contribution in [0.3, 0.4) is 0 Å². The Morgan fingerprint density at radius 1 is 0.600 bits per heavy atom. The second kappa shape index (κ2) is 6.70. The van der Waals surface area contributed by atoms with Crippen LogP contribution in [0.5, 0.6) is 0 Å². The monoisotopic (exact) mass is 343 g/mol. The van der Waals surface area contributed by atoms with E-state index >= 15 is 0 Å². The van der Waals surface area contributed by atoms with Crippen molar-refractivity contribution in [2.24, 2.45) is 0 Å². The largest absolute Gasteiger partial charge is 0.454 e. The van der Waals surface area contributed by atoms with E-state index in [-0.39, 0.29) is 0 Å². The van der Waals surface area contributed by atoms with Crippen LogP contribution in [-0.4, -0.2) is 0 Å². The fourth-order valence-electron chi connectivity index (χ4n) is 3.27. The Morgan fingerprint density at radius 3 is 1.60 bits per heavy atom. The lowest BCUT2D eigenvalue weighted by atomic mass is 10.2. The lowest BCUT2D eigenvalue weighted by Gasteiger charge is -2.26. The number of hydrogen-bond acceptors (Lipinski definition) is 1. The van der Waals surface area contributed by atoms with Crippen molar-refractivity contribution in [2.45, 2.75) is 6.92 Å². The van der Waals surface area contributed by atoms with Gasteiger partial charge in [-0.3, -0.25) is 0 Å². The molecule has 25 heavy (non-hydrogen) atoms. The summed E-state index contributed by atoms with van der Waals surface area (Å²) in [4.78, 5) is 0. The lowest BCUT2D eigenvalue weighted by Crippen LogP contribution is -2.21. The Labute approximate surface area is 149 Å². The molecule has 0 radical (unpaired) electrons. The van der Waals surface area contributed by atoms with Crippen molar-refractivity contribution in [1.29, 1.82) is 0 Å². The lowest BCUT2D eigenvalue weighted by molar-refractivity contribution is 0.385. The first-order valence-corrected chi connectivity index (χ1v) is 10.4. The van der Waals surface area contributed by atoms with Gasteiger partial charge in [0.15, 0.2) is 5.76 Å². The number of benzene rings is 3. The average Bonchev–Trinajstić information content (AvgIpc) is 2.69. The first kappa shape index (κ1) is 15.9. The minimum absolute atomic E-state index is 0.946. The highest BCUT2D eigenvalue weighted by atomic mass is 31.2. The highest BCUT2D eigenvalue weighted by molar-refractivity contribution is 7.94. The zero-order valence-electron chi connectivity index (χ0n) is 14.2. The van der Waals surface area contributed by atoms with Crippen molar-refractivity contribution < 1.29 is 4.74 Å². The van der Waals surface area contributed by atoms with Crippen LogP contribution in [-0.2, 0) is 4.74 Å². The molecule has 0 N–H and O–H groups in total. The van der Waals surface area contributed by atoms with E-state index in [1.54, 1.807) is 0 Å². The first-order valence-electron chi connectivity index (χ1n) is 8.43. The van der Waals surface area contributed by atoms with E-state index in [1.165, 1.54) is 10.6 Å². The summed E-state index contributed by atoms with van der Waals surface area (Å²) in [5, 5.41) is 2.69.